The van der Waals surface area contributed by atoms with Crippen LogP contribution >= 0.6 is 0 Å². The molecule has 0 radical (unpaired) electrons. The van der Waals surface area contributed by atoms with Crippen molar-refractivity contribution in [2.45, 2.75) is 51.3 Å². The fraction of sp³-hybridized carbons (Fsp3) is 0.333. The number of benzene rings is 3. The van der Waals surface area contributed by atoms with Crippen molar-refractivity contribution >= 4 is 22.6 Å². The van der Waals surface area contributed by atoms with E-state index in [-0.39, 0.29) is 17.9 Å². The van der Waals surface area contributed by atoms with Crippen LogP contribution in [0.1, 0.15) is 48.5 Å². The summed E-state index contributed by atoms with van der Waals surface area (Å²) in [6.45, 7) is 2.41. The molecule has 0 spiro atoms. The lowest BCUT2D eigenvalue weighted by Crippen LogP contribution is -2.41. The van der Waals surface area contributed by atoms with E-state index in [1.54, 1.807) is 11.8 Å². The molecule has 1 aliphatic heterocycles. The van der Waals surface area contributed by atoms with Gasteiger partial charge in [-0.15, -0.1) is 0 Å². The topological polar surface area (TPSA) is 58.6 Å². The van der Waals surface area contributed by atoms with Gasteiger partial charge in [-0.2, -0.15) is 0 Å². The number of carbonyl (C=O) groups is 2. The number of nitrogens with zero attached hydrogens (tertiary/aromatic N) is 1. The zero-order chi connectivity index (χ0) is 22.2. The molecule has 5 rings (SSSR count). The molecule has 1 atom stereocenters. The first-order valence-corrected chi connectivity index (χ1v) is 11.4. The maximum atomic E-state index is 12.8. The third-order valence-corrected chi connectivity index (χ3v) is 6.64. The molecule has 1 heterocycles. The third-order valence-electron chi connectivity index (χ3n) is 6.64. The van der Waals surface area contributed by atoms with Crippen LogP contribution in [-0.2, 0) is 11.3 Å². The average molecular weight is 429 g/mol. The van der Waals surface area contributed by atoms with Crippen LogP contribution in [0.4, 0.5) is 0 Å². The summed E-state index contributed by atoms with van der Waals surface area (Å²) in [4.78, 5) is 26.8. The molecule has 1 aliphatic carbocycles. The average Bonchev–Trinajstić information content (AvgIpc) is 3.41. The highest BCUT2D eigenvalue weighted by atomic mass is 16.5. The van der Waals surface area contributed by atoms with Crippen molar-refractivity contribution in [1.29, 1.82) is 0 Å². The van der Waals surface area contributed by atoms with E-state index in [2.05, 4.69) is 23.5 Å². The van der Waals surface area contributed by atoms with Crippen molar-refractivity contribution in [3.8, 4) is 16.9 Å². The Balaban J connectivity index is 1.52. The lowest BCUT2D eigenvalue weighted by Gasteiger charge is -2.21. The molecule has 3 aromatic carbocycles. The highest BCUT2D eigenvalue weighted by Gasteiger charge is 2.26. The van der Waals surface area contributed by atoms with Gasteiger partial charge in [-0.25, -0.2) is 0 Å². The lowest BCUT2D eigenvalue weighted by atomic mass is 9.94. The Morgan fingerprint density at radius 3 is 2.69 bits per heavy atom. The molecule has 5 nitrogen and oxygen atoms in total. The minimum Gasteiger partial charge on any atom is -0.480 e. The van der Waals surface area contributed by atoms with Crippen molar-refractivity contribution in [3.05, 3.63) is 65.7 Å². The van der Waals surface area contributed by atoms with Gasteiger partial charge in [-0.05, 0) is 59.9 Å². The molecule has 32 heavy (non-hydrogen) atoms. The maximum absolute atomic E-state index is 12.8. The van der Waals surface area contributed by atoms with Crippen LogP contribution in [0.2, 0.25) is 0 Å². The Labute approximate surface area is 188 Å². The Hall–Kier alpha value is -3.34. The number of amides is 2. The van der Waals surface area contributed by atoms with E-state index in [9.17, 15) is 9.59 Å². The summed E-state index contributed by atoms with van der Waals surface area (Å²) in [6, 6.07) is 18.4. The largest absolute Gasteiger partial charge is 0.480 e. The number of hydrogen-bond donors (Lipinski definition) is 1. The van der Waals surface area contributed by atoms with Gasteiger partial charge >= 0.3 is 0 Å². The van der Waals surface area contributed by atoms with Crippen molar-refractivity contribution in [3.63, 3.8) is 0 Å². The zero-order valence-electron chi connectivity index (χ0n) is 18.6. The van der Waals surface area contributed by atoms with Gasteiger partial charge in [0.2, 0.25) is 0 Å². The van der Waals surface area contributed by atoms with Gasteiger partial charge in [0, 0.05) is 30.8 Å². The zero-order valence-corrected chi connectivity index (χ0v) is 18.6. The Morgan fingerprint density at radius 2 is 1.88 bits per heavy atom. The molecule has 2 aliphatic rings. The summed E-state index contributed by atoms with van der Waals surface area (Å²) in [5.74, 6) is 0.658. The summed E-state index contributed by atoms with van der Waals surface area (Å²) in [5, 5.41) is 5.30. The molecule has 1 saturated carbocycles. The highest BCUT2D eigenvalue weighted by molar-refractivity contribution is 6.02. The number of ether oxygens (including phenoxy) is 1. The van der Waals surface area contributed by atoms with Crippen molar-refractivity contribution < 1.29 is 14.3 Å². The van der Waals surface area contributed by atoms with Gasteiger partial charge in [0.1, 0.15) is 5.75 Å². The first-order valence-electron chi connectivity index (χ1n) is 11.4. The molecular formula is C27H28N2O3. The summed E-state index contributed by atoms with van der Waals surface area (Å²) in [7, 11) is 1.82. The van der Waals surface area contributed by atoms with Crippen LogP contribution in [0.5, 0.6) is 5.75 Å². The Kier molecular flexibility index (Phi) is 5.33. The third kappa shape index (κ3) is 3.72. The second-order valence-electron chi connectivity index (χ2n) is 8.94. The van der Waals surface area contributed by atoms with Crippen molar-refractivity contribution in [2.75, 3.05) is 7.05 Å². The van der Waals surface area contributed by atoms with Crippen LogP contribution in [0, 0.1) is 0 Å². The van der Waals surface area contributed by atoms with E-state index >= 15 is 0 Å². The number of rotatable bonds is 5. The van der Waals surface area contributed by atoms with E-state index in [0.29, 0.717) is 12.3 Å². The van der Waals surface area contributed by atoms with Crippen molar-refractivity contribution in [2.24, 2.45) is 0 Å². The molecule has 3 aromatic rings. The molecule has 2 amide bonds. The van der Waals surface area contributed by atoms with Crippen LogP contribution in [0.25, 0.3) is 21.9 Å². The number of fused-ring (bicyclic) bond motifs is 2. The first-order chi connectivity index (χ1) is 15.5. The number of nitrogens with one attached hydrogen (secondary N) is 1. The standard InChI is InChI=1S/C27H28N2O3/c1-17(26(30)28-21-8-4-5-9-21)32-24-14-12-18-7-3-6-10-22(18)25(24)19-11-13-23-20(15-19)16-29(2)27(23)31/h3,6-7,10-15,17,21H,4-5,8-9,16H2,1-2H3,(H,28,30). The van der Waals surface area contributed by atoms with E-state index < -0.39 is 6.10 Å². The van der Waals surface area contributed by atoms with Crippen LogP contribution in [-0.4, -0.2) is 35.9 Å². The second-order valence-corrected chi connectivity index (χ2v) is 8.94. The predicted octanol–water partition coefficient (Wildman–Crippen LogP) is 4.92. The molecule has 0 saturated heterocycles. The summed E-state index contributed by atoms with van der Waals surface area (Å²) in [5.41, 5.74) is 3.71. The van der Waals surface area contributed by atoms with Gasteiger partial charge in [0.05, 0.1) is 0 Å². The lowest BCUT2D eigenvalue weighted by molar-refractivity contribution is -0.127. The second kappa shape index (κ2) is 8.30. The highest BCUT2D eigenvalue weighted by Crippen LogP contribution is 2.39. The minimum absolute atomic E-state index is 0.0538. The van der Waals surface area contributed by atoms with Crippen LogP contribution in [0.15, 0.2) is 54.6 Å². The van der Waals surface area contributed by atoms with Gasteiger partial charge < -0.3 is 15.0 Å². The van der Waals surface area contributed by atoms with Gasteiger partial charge in [-0.3, -0.25) is 9.59 Å². The molecule has 164 valence electrons. The smallest absolute Gasteiger partial charge is 0.260 e. The molecule has 1 fully saturated rings. The van der Waals surface area contributed by atoms with E-state index in [1.165, 1.54) is 12.8 Å². The minimum atomic E-state index is -0.599. The maximum Gasteiger partial charge on any atom is 0.260 e. The fourth-order valence-corrected chi connectivity index (χ4v) is 4.90. The van der Waals surface area contributed by atoms with Gasteiger partial charge in [-0.1, -0.05) is 49.2 Å². The predicted molar refractivity (Wildman–Crippen MR) is 126 cm³/mol. The van der Waals surface area contributed by atoms with Crippen molar-refractivity contribution in [1.82, 2.24) is 10.2 Å². The van der Waals surface area contributed by atoms with E-state index in [4.69, 9.17) is 4.74 Å². The molecule has 0 aromatic heterocycles. The van der Waals surface area contributed by atoms with Gasteiger partial charge in [0.25, 0.3) is 11.8 Å². The monoisotopic (exact) mass is 428 g/mol. The van der Waals surface area contributed by atoms with E-state index in [1.807, 2.05) is 43.4 Å². The summed E-state index contributed by atoms with van der Waals surface area (Å²) in [6.07, 6.45) is 3.83. The molecule has 0 bridgehead atoms. The fourth-order valence-electron chi connectivity index (χ4n) is 4.90. The van der Waals surface area contributed by atoms with E-state index in [0.717, 1.165) is 45.9 Å². The quantitative estimate of drug-likeness (QED) is 0.628. The summed E-state index contributed by atoms with van der Waals surface area (Å²) < 4.78 is 6.25. The molecule has 1 unspecified atom stereocenters. The number of hydrogen-bond acceptors (Lipinski definition) is 3. The van der Waals surface area contributed by atoms with Crippen LogP contribution in [0.3, 0.4) is 0 Å². The normalized spacial score (nSPS) is 16.9. The Morgan fingerprint density at radius 1 is 1.09 bits per heavy atom. The van der Waals surface area contributed by atoms with Crippen LogP contribution < -0.4 is 10.1 Å². The molecular weight excluding hydrogens is 400 g/mol. The van der Waals surface area contributed by atoms with Gasteiger partial charge in [0.15, 0.2) is 6.10 Å². The molecule has 5 heteroatoms. The SMILES string of the molecule is CC(Oc1ccc2ccccc2c1-c1ccc2c(c1)CN(C)C2=O)C(=O)NC1CCCC1. The molecule has 1 N–H and O–H groups in total. The number of carbonyl (C=O) groups excluding carboxylic acids is 2. The first kappa shape index (κ1) is 20.6. The Bertz CT molecular complexity index is 1200. The summed E-state index contributed by atoms with van der Waals surface area (Å²) >= 11 is 0.